The van der Waals surface area contributed by atoms with Crippen LogP contribution in [0.5, 0.6) is 0 Å². The number of nitrogens with two attached hydrogens (primary N) is 1. The topological polar surface area (TPSA) is 135 Å². The molecule has 1 fully saturated rings. The first-order valence-electron chi connectivity index (χ1n) is 9.95. The smallest absolute Gasteiger partial charge is 0.274 e. The standard InChI is InChI=1S/C21H22F2N4O4S/c1-20(11-32(30,31)21(19(24)27-20)7-6-14(28)9-21)15-8-13(3-4-16(15)23)26-18(29)17-5-2-12(22)10-25-17/h2-5,8,10,14,28H,6-7,9,11H2,1H3,(H2,24,27)(H,26,29). The lowest BCUT2D eigenvalue weighted by Gasteiger charge is -2.39. The van der Waals surface area contributed by atoms with Crippen LogP contribution in [0.3, 0.4) is 0 Å². The van der Waals surface area contributed by atoms with Gasteiger partial charge in [-0.1, -0.05) is 0 Å². The lowest BCUT2D eigenvalue weighted by molar-refractivity contribution is 0.102. The number of hydrogen-bond acceptors (Lipinski definition) is 7. The van der Waals surface area contributed by atoms with E-state index < -0.39 is 49.5 Å². The molecule has 8 nitrogen and oxygen atoms in total. The quantitative estimate of drug-likeness (QED) is 0.635. The molecule has 1 saturated carbocycles. The van der Waals surface area contributed by atoms with Gasteiger partial charge in [-0.3, -0.25) is 9.79 Å². The molecule has 170 valence electrons. The number of carbonyl (C=O) groups excluding carboxylic acids is 1. The van der Waals surface area contributed by atoms with Gasteiger partial charge >= 0.3 is 0 Å². The van der Waals surface area contributed by atoms with Crippen molar-refractivity contribution < 1.29 is 27.1 Å². The second kappa shape index (κ2) is 7.59. The number of pyridine rings is 1. The number of aromatic nitrogens is 1. The molecule has 1 spiro atoms. The lowest BCUT2D eigenvalue weighted by atomic mass is 9.92. The van der Waals surface area contributed by atoms with Crippen LogP contribution in [-0.2, 0) is 15.4 Å². The van der Waals surface area contributed by atoms with E-state index in [9.17, 15) is 27.1 Å². The van der Waals surface area contributed by atoms with Crippen LogP contribution >= 0.6 is 0 Å². The maximum absolute atomic E-state index is 14.8. The summed E-state index contributed by atoms with van der Waals surface area (Å²) >= 11 is 0. The predicted octanol–water partition coefficient (Wildman–Crippen LogP) is 1.90. The molecule has 1 aromatic carbocycles. The number of halogens is 2. The van der Waals surface area contributed by atoms with Crippen molar-refractivity contribution in [2.24, 2.45) is 10.7 Å². The Kier molecular flexibility index (Phi) is 5.29. The number of hydrogen-bond donors (Lipinski definition) is 3. The Labute approximate surface area is 183 Å². The third-order valence-electron chi connectivity index (χ3n) is 6.11. The number of carbonyl (C=O) groups is 1. The molecule has 1 amide bonds. The highest BCUT2D eigenvalue weighted by atomic mass is 32.2. The molecule has 2 aliphatic rings. The number of benzene rings is 1. The third kappa shape index (κ3) is 3.65. The molecule has 0 radical (unpaired) electrons. The van der Waals surface area contributed by atoms with Crippen LogP contribution in [0, 0.1) is 11.6 Å². The molecule has 0 bridgehead atoms. The highest BCUT2D eigenvalue weighted by Gasteiger charge is 2.57. The Hall–Kier alpha value is -2.92. The highest BCUT2D eigenvalue weighted by Crippen LogP contribution is 2.45. The Morgan fingerprint density at radius 2 is 2.03 bits per heavy atom. The normalized spacial score (nSPS) is 29.0. The first-order valence-corrected chi connectivity index (χ1v) is 11.6. The Morgan fingerprint density at radius 3 is 2.62 bits per heavy atom. The number of aliphatic imine (C=N–C) groups is 1. The van der Waals surface area contributed by atoms with Crippen LogP contribution in [0.25, 0.3) is 0 Å². The molecule has 4 rings (SSSR count). The Morgan fingerprint density at radius 1 is 1.28 bits per heavy atom. The summed E-state index contributed by atoms with van der Waals surface area (Å²) in [5, 5.41) is 12.5. The van der Waals surface area contributed by atoms with Crippen LogP contribution < -0.4 is 11.1 Å². The monoisotopic (exact) mass is 464 g/mol. The van der Waals surface area contributed by atoms with Crippen LogP contribution in [0.4, 0.5) is 14.5 Å². The second-order valence-corrected chi connectivity index (χ2v) is 10.7. The van der Waals surface area contributed by atoms with E-state index in [2.05, 4.69) is 15.3 Å². The molecule has 3 unspecified atom stereocenters. The predicted molar refractivity (Wildman–Crippen MR) is 114 cm³/mol. The van der Waals surface area contributed by atoms with Crippen molar-refractivity contribution in [3.05, 3.63) is 59.4 Å². The van der Waals surface area contributed by atoms with Gasteiger partial charge in [-0.15, -0.1) is 0 Å². The molecular formula is C21H22F2N4O4S. The average molecular weight is 464 g/mol. The van der Waals surface area contributed by atoms with Crippen molar-refractivity contribution >= 4 is 27.3 Å². The number of aliphatic hydroxyl groups is 1. The summed E-state index contributed by atoms with van der Waals surface area (Å²) in [6.07, 6.45) is 0.513. The van der Waals surface area contributed by atoms with E-state index in [1.165, 1.54) is 25.1 Å². The zero-order valence-electron chi connectivity index (χ0n) is 17.2. The van der Waals surface area contributed by atoms with E-state index in [1.54, 1.807) is 0 Å². The minimum atomic E-state index is -3.88. The number of nitrogens with one attached hydrogen (secondary N) is 1. The maximum Gasteiger partial charge on any atom is 0.274 e. The Bertz CT molecular complexity index is 1220. The van der Waals surface area contributed by atoms with Crippen LogP contribution in [0.15, 0.2) is 41.5 Å². The van der Waals surface area contributed by atoms with Gasteiger partial charge in [0.05, 0.1) is 18.1 Å². The highest BCUT2D eigenvalue weighted by molar-refractivity contribution is 7.93. The van der Waals surface area contributed by atoms with Crippen LogP contribution in [-0.4, -0.2) is 46.9 Å². The van der Waals surface area contributed by atoms with E-state index >= 15 is 0 Å². The van der Waals surface area contributed by atoms with Gasteiger partial charge < -0.3 is 16.2 Å². The number of sulfone groups is 1. The fourth-order valence-electron chi connectivity index (χ4n) is 4.43. The first-order chi connectivity index (χ1) is 15.0. The minimum Gasteiger partial charge on any atom is -0.393 e. The van der Waals surface area contributed by atoms with Crippen molar-refractivity contribution in [2.45, 2.75) is 42.6 Å². The van der Waals surface area contributed by atoms with Crippen molar-refractivity contribution in [1.29, 1.82) is 0 Å². The second-order valence-electron chi connectivity index (χ2n) is 8.43. The van der Waals surface area contributed by atoms with Crippen molar-refractivity contribution in [3.63, 3.8) is 0 Å². The number of rotatable bonds is 3. The van der Waals surface area contributed by atoms with Crippen molar-refractivity contribution in [2.75, 3.05) is 11.1 Å². The third-order valence-corrected chi connectivity index (χ3v) is 8.82. The number of nitrogens with zero attached hydrogens (tertiary/aromatic N) is 2. The molecule has 1 aliphatic carbocycles. The molecule has 1 aromatic heterocycles. The van der Waals surface area contributed by atoms with Gasteiger partial charge in [-0.25, -0.2) is 22.2 Å². The van der Waals surface area contributed by atoms with E-state index in [1.807, 2.05) is 0 Å². The van der Waals surface area contributed by atoms with Crippen molar-refractivity contribution in [3.8, 4) is 0 Å². The zero-order chi connectivity index (χ0) is 23.3. The lowest BCUT2D eigenvalue weighted by Crippen LogP contribution is -2.57. The summed E-state index contributed by atoms with van der Waals surface area (Å²) in [4.78, 5) is 20.5. The minimum absolute atomic E-state index is 0.0377. The summed E-state index contributed by atoms with van der Waals surface area (Å²) in [7, 11) is -3.88. The summed E-state index contributed by atoms with van der Waals surface area (Å²) in [5.74, 6) is -2.60. The summed E-state index contributed by atoms with van der Waals surface area (Å²) in [6, 6.07) is 5.98. The molecule has 2 heterocycles. The molecular weight excluding hydrogens is 442 g/mol. The maximum atomic E-state index is 14.8. The fraction of sp³-hybridized carbons (Fsp3) is 0.381. The average Bonchev–Trinajstić information content (AvgIpc) is 3.12. The van der Waals surface area contributed by atoms with Crippen LogP contribution in [0.1, 0.15) is 42.2 Å². The van der Waals surface area contributed by atoms with E-state index in [4.69, 9.17) is 5.73 Å². The SMILES string of the molecule is CC1(c2cc(NC(=O)c3ccc(F)cn3)ccc2F)CS(=O)(=O)C2(CCC(O)C2)C(N)=N1. The molecule has 11 heteroatoms. The van der Waals surface area contributed by atoms with E-state index in [-0.39, 0.29) is 35.6 Å². The van der Waals surface area contributed by atoms with Gasteiger partial charge in [-0.2, -0.15) is 0 Å². The summed E-state index contributed by atoms with van der Waals surface area (Å²) < 4.78 is 52.9. The summed E-state index contributed by atoms with van der Waals surface area (Å²) in [6.45, 7) is 1.46. The fourth-order valence-corrected chi connectivity index (χ4v) is 6.90. The van der Waals surface area contributed by atoms with Gasteiger partial charge in [-0.05, 0) is 50.1 Å². The number of amides is 1. The first kappa shape index (κ1) is 22.3. The van der Waals surface area contributed by atoms with Gasteiger partial charge in [0.15, 0.2) is 9.84 Å². The number of amidine groups is 1. The summed E-state index contributed by atoms with van der Waals surface area (Å²) in [5.41, 5.74) is 4.66. The molecule has 32 heavy (non-hydrogen) atoms. The van der Waals surface area contributed by atoms with E-state index in [0.717, 1.165) is 18.3 Å². The number of aliphatic hydroxyl groups excluding tert-OH is 1. The largest absolute Gasteiger partial charge is 0.393 e. The van der Waals surface area contributed by atoms with Crippen LogP contribution in [0.2, 0.25) is 0 Å². The van der Waals surface area contributed by atoms with Crippen molar-refractivity contribution in [1.82, 2.24) is 4.98 Å². The Balaban J connectivity index is 1.69. The molecule has 4 N–H and O–H groups in total. The van der Waals surface area contributed by atoms with Gasteiger partial charge in [0.1, 0.15) is 33.4 Å². The van der Waals surface area contributed by atoms with Gasteiger partial charge in [0.2, 0.25) is 0 Å². The molecule has 1 aliphatic heterocycles. The zero-order valence-corrected chi connectivity index (χ0v) is 18.0. The molecule has 3 atom stereocenters. The van der Waals surface area contributed by atoms with Gasteiger partial charge in [0.25, 0.3) is 5.91 Å². The molecule has 2 aromatic rings. The molecule has 0 saturated heterocycles. The number of anilines is 1. The van der Waals surface area contributed by atoms with Gasteiger partial charge in [0, 0.05) is 17.7 Å². The van der Waals surface area contributed by atoms with E-state index in [0.29, 0.717) is 6.42 Å².